The average molecular weight is 543 g/mol. The lowest BCUT2D eigenvalue weighted by atomic mass is 9.66. The highest BCUT2D eigenvalue weighted by Gasteiger charge is 2.78. The molecule has 4 rings (SSSR count). The number of aliphatic hydroxyl groups excluding tert-OH is 1. The first-order chi connectivity index (χ1) is 18.2. The molecule has 0 saturated carbocycles. The average Bonchev–Trinajstić information content (AvgIpc) is 3.47. The van der Waals surface area contributed by atoms with E-state index in [-0.39, 0.29) is 37.0 Å². The Morgan fingerprint density at radius 3 is 2.61 bits per heavy atom. The third kappa shape index (κ3) is 4.68. The van der Waals surface area contributed by atoms with Gasteiger partial charge in [-0.05, 0) is 52.0 Å². The number of likely N-dealkylation sites (tertiary alicyclic amines) is 1. The molecule has 1 N–H and O–H groups in total. The van der Waals surface area contributed by atoms with Crippen LogP contribution in [0.25, 0.3) is 0 Å². The molecule has 3 unspecified atom stereocenters. The summed E-state index contributed by atoms with van der Waals surface area (Å²) in [6.07, 6.45) is 5.32. The molecule has 1 aromatic carbocycles. The first kappa shape index (κ1) is 28.7. The van der Waals surface area contributed by atoms with Crippen molar-refractivity contribution in [3.8, 4) is 0 Å². The highest BCUT2D eigenvalue weighted by atomic mass is 32.2. The van der Waals surface area contributed by atoms with Crippen LogP contribution in [-0.2, 0) is 25.5 Å². The van der Waals surface area contributed by atoms with Crippen molar-refractivity contribution in [2.45, 2.75) is 87.4 Å². The van der Waals surface area contributed by atoms with Gasteiger partial charge < -0.3 is 19.6 Å². The van der Waals surface area contributed by atoms with Crippen molar-refractivity contribution in [1.82, 2.24) is 9.80 Å². The van der Waals surface area contributed by atoms with E-state index in [0.29, 0.717) is 19.4 Å². The summed E-state index contributed by atoms with van der Waals surface area (Å²) in [5, 5.41) is 10.6. The molecule has 3 heterocycles. The van der Waals surface area contributed by atoms with Crippen molar-refractivity contribution in [2.24, 2.45) is 11.8 Å². The minimum atomic E-state index is -0.772. The highest BCUT2D eigenvalue weighted by Crippen LogP contribution is 2.71. The number of carbonyl (C=O) groups excluding carboxylic acids is 3. The van der Waals surface area contributed by atoms with E-state index in [2.05, 4.69) is 13.5 Å². The van der Waals surface area contributed by atoms with Crippen LogP contribution in [-0.4, -0.2) is 80.1 Å². The maximum atomic E-state index is 14.6. The Hall–Kier alpha value is -2.32. The maximum Gasteiger partial charge on any atom is 0.311 e. The molecule has 0 aromatic heterocycles. The fraction of sp³-hybridized carbons (Fsp3) is 0.633. The predicted octanol–water partition coefficient (Wildman–Crippen LogP) is 3.84. The second-order valence-electron chi connectivity index (χ2n) is 11.2. The molecule has 7 nitrogen and oxygen atoms in total. The molecule has 0 radical (unpaired) electrons. The number of ether oxygens (including phenoxy) is 1. The molecule has 1 spiro atoms. The van der Waals surface area contributed by atoms with Crippen LogP contribution in [0.1, 0.15) is 58.9 Å². The molecule has 8 heteroatoms. The molecule has 3 fully saturated rings. The van der Waals surface area contributed by atoms with Gasteiger partial charge in [0.2, 0.25) is 11.8 Å². The monoisotopic (exact) mass is 542 g/mol. The Kier molecular flexibility index (Phi) is 8.62. The highest BCUT2D eigenvalue weighted by molar-refractivity contribution is 8.02. The molecule has 3 aliphatic heterocycles. The predicted molar refractivity (Wildman–Crippen MR) is 150 cm³/mol. The number of nitrogens with zero attached hydrogens (tertiary/aromatic N) is 2. The quantitative estimate of drug-likeness (QED) is 0.319. The lowest BCUT2D eigenvalue weighted by molar-refractivity contribution is -0.155. The van der Waals surface area contributed by atoms with Crippen LogP contribution in [0.4, 0.5) is 0 Å². The Morgan fingerprint density at radius 2 is 2.00 bits per heavy atom. The second-order valence-corrected chi connectivity index (χ2v) is 13.1. The summed E-state index contributed by atoms with van der Waals surface area (Å²) in [6.45, 7) is 12.2. The first-order valence-electron chi connectivity index (χ1n) is 13.9. The van der Waals surface area contributed by atoms with Gasteiger partial charge in [-0.25, -0.2) is 0 Å². The number of hydrogen-bond acceptors (Lipinski definition) is 6. The zero-order valence-electron chi connectivity index (χ0n) is 23.1. The van der Waals surface area contributed by atoms with E-state index in [1.54, 1.807) is 29.7 Å². The van der Waals surface area contributed by atoms with Gasteiger partial charge in [-0.3, -0.25) is 14.4 Å². The molecule has 0 aliphatic carbocycles. The van der Waals surface area contributed by atoms with E-state index in [9.17, 15) is 19.5 Å². The number of hydrogen-bond donors (Lipinski definition) is 1. The lowest BCUT2D eigenvalue weighted by Gasteiger charge is -2.41. The fourth-order valence-corrected chi connectivity index (χ4v) is 9.45. The summed E-state index contributed by atoms with van der Waals surface area (Å²) < 4.78 is 4.28. The van der Waals surface area contributed by atoms with Gasteiger partial charge in [0.1, 0.15) is 6.04 Å². The van der Waals surface area contributed by atoms with Gasteiger partial charge in [0.15, 0.2) is 0 Å². The van der Waals surface area contributed by atoms with Crippen LogP contribution >= 0.6 is 11.8 Å². The Bertz CT molecular complexity index is 1050. The molecule has 208 valence electrons. The van der Waals surface area contributed by atoms with Crippen LogP contribution in [0.15, 0.2) is 43.0 Å². The largest absolute Gasteiger partial charge is 0.466 e. The van der Waals surface area contributed by atoms with Crippen molar-refractivity contribution < 1.29 is 24.2 Å². The summed E-state index contributed by atoms with van der Waals surface area (Å²) in [7, 11) is 0. The number of aliphatic hydroxyl groups is 1. The maximum absolute atomic E-state index is 14.6. The summed E-state index contributed by atoms with van der Waals surface area (Å²) in [5.74, 6) is -1.97. The van der Waals surface area contributed by atoms with E-state index >= 15 is 0 Å². The molecule has 1 aromatic rings. The van der Waals surface area contributed by atoms with Crippen LogP contribution < -0.4 is 0 Å². The van der Waals surface area contributed by atoms with Gasteiger partial charge in [0, 0.05) is 17.3 Å². The third-order valence-corrected chi connectivity index (χ3v) is 10.7. The van der Waals surface area contributed by atoms with E-state index in [1.165, 1.54) is 0 Å². The molecular formula is C30H42N2O5S. The SMILES string of the molecule is C=CCN(C(=O)C1N([C@@H](CO)Cc2ccccc2)C(=O)[C@@H]2[C@@H](C(=O)OCC)[C@@]3(C)CCC12S3)C(C)CCC. The summed E-state index contributed by atoms with van der Waals surface area (Å²) >= 11 is 1.63. The minimum absolute atomic E-state index is 0.0281. The molecule has 2 amide bonds. The Labute approximate surface area is 231 Å². The normalized spacial score (nSPS) is 31.1. The van der Waals surface area contributed by atoms with E-state index in [0.717, 1.165) is 24.8 Å². The van der Waals surface area contributed by atoms with Crippen molar-refractivity contribution >= 4 is 29.5 Å². The number of rotatable bonds is 12. The third-order valence-electron chi connectivity index (χ3n) is 8.75. The van der Waals surface area contributed by atoms with Crippen molar-refractivity contribution in [1.29, 1.82) is 0 Å². The van der Waals surface area contributed by atoms with Gasteiger partial charge in [-0.1, -0.05) is 49.8 Å². The van der Waals surface area contributed by atoms with Crippen molar-refractivity contribution in [2.75, 3.05) is 19.8 Å². The molecule has 7 atom stereocenters. The zero-order chi connectivity index (χ0) is 27.7. The van der Waals surface area contributed by atoms with E-state index < -0.39 is 33.4 Å². The number of esters is 1. The van der Waals surface area contributed by atoms with Gasteiger partial charge in [-0.2, -0.15) is 0 Å². The lowest BCUT2D eigenvalue weighted by Crippen LogP contribution is -2.59. The van der Waals surface area contributed by atoms with Gasteiger partial charge >= 0.3 is 5.97 Å². The van der Waals surface area contributed by atoms with Gasteiger partial charge in [0.05, 0.1) is 35.8 Å². The van der Waals surface area contributed by atoms with Gasteiger partial charge in [0.25, 0.3) is 0 Å². The van der Waals surface area contributed by atoms with Crippen LogP contribution in [0.2, 0.25) is 0 Å². The second kappa shape index (κ2) is 11.4. The van der Waals surface area contributed by atoms with E-state index in [4.69, 9.17) is 4.74 Å². The minimum Gasteiger partial charge on any atom is -0.466 e. The number of fused-ring (bicyclic) bond motifs is 1. The summed E-state index contributed by atoms with van der Waals surface area (Å²) in [5.41, 5.74) is 0.980. The number of benzene rings is 1. The number of amides is 2. The van der Waals surface area contributed by atoms with Crippen molar-refractivity contribution in [3.05, 3.63) is 48.6 Å². The molecule has 3 saturated heterocycles. The van der Waals surface area contributed by atoms with Crippen LogP contribution in [0.3, 0.4) is 0 Å². The standard InChI is InChI=1S/C30H42N2O5S/c1-6-12-20(4)31(17-7-2)27(35)25-30-16-15-29(5,38-30)24(28(36)37-8-3)23(30)26(34)32(25)22(19-33)18-21-13-10-9-11-14-21/h7,9-11,13-14,20,22-25,33H,2,6,8,12,15-19H2,1,3-5H3/t20?,22-,23+,24+,25?,29-,30?/m1/s1. The smallest absolute Gasteiger partial charge is 0.311 e. The van der Waals surface area contributed by atoms with Crippen LogP contribution in [0, 0.1) is 11.8 Å². The fourth-order valence-electron chi connectivity index (χ4n) is 7.12. The van der Waals surface area contributed by atoms with E-state index in [1.807, 2.05) is 49.1 Å². The molecule has 3 aliphatic rings. The number of carbonyl (C=O) groups is 3. The molecule has 2 bridgehead atoms. The summed E-state index contributed by atoms with van der Waals surface area (Å²) in [6, 6.07) is 8.34. The van der Waals surface area contributed by atoms with Crippen LogP contribution in [0.5, 0.6) is 0 Å². The van der Waals surface area contributed by atoms with Gasteiger partial charge in [-0.15, -0.1) is 18.3 Å². The molecule has 38 heavy (non-hydrogen) atoms. The Balaban J connectivity index is 1.82. The molecular weight excluding hydrogens is 500 g/mol. The Morgan fingerprint density at radius 1 is 1.29 bits per heavy atom. The number of thioether (sulfide) groups is 1. The topological polar surface area (TPSA) is 87.2 Å². The first-order valence-corrected chi connectivity index (χ1v) is 14.8. The van der Waals surface area contributed by atoms with Crippen molar-refractivity contribution in [3.63, 3.8) is 0 Å². The summed E-state index contributed by atoms with van der Waals surface area (Å²) in [4.78, 5) is 45.8. The zero-order valence-corrected chi connectivity index (χ0v) is 23.9.